The highest BCUT2D eigenvalue weighted by Gasteiger charge is 2.39. The highest BCUT2D eigenvalue weighted by Crippen LogP contribution is 2.21. The third-order valence-corrected chi connectivity index (χ3v) is 8.88. The van der Waals surface area contributed by atoms with Crippen molar-refractivity contribution in [2.75, 3.05) is 19.4 Å². The van der Waals surface area contributed by atoms with Gasteiger partial charge in [0.25, 0.3) is 0 Å². The normalized spacial score (nSPS) is 30.3. The van der Waals surface area contributed by atoms with E-state index in [1.54, 1.807) is 0 Å². The lowest BCUT2D eigenvalue weighted by Crippen LogP contribution is -2.61. The molecule has 0 radical (unpaired) electrons. The Morgan fingerprint density at radius 2 is 1.36 bits per heavy atom. The van der Waals surface area contributed by atoms with Crippen molar-refractivity contribution in [3.8, 4) is 0 Å². The zero-order chi connectivity index (χ0) is 8.70. The van der Waals surface area contributed by atoms with Gasteiger partial charge in [-0.1, -0.05) is 0 Å². The van der Waals surface area contributed by atoms with Crippen molar-refractivity contribution in [3.05, 3.63) is 0 Å². The maximum absolute atomic E-state index is 6.17. The first-order valence-corrected chi connectivity index (χ1v) is 10.4. The maximum Gasteiger partial charge on any atom is 0.187 e. The van der Waals surface area contributed by atoms with E-state index in [9.17, 15) is 0 Å². The second-order valence-corrected chi connectivity index (χ2v) is 13.3. The molecule has 1 fully saturated rings. The molecule has 0 aromatic heterocycles. The van der Waals surface area contributed by atoms with E-state index >= 15 is 0 Å². The Morgan fingerprint density at radius 1 is 1.00 bits per heavy atom. The van der Waals surface area contributed by atoms with Crippen molar-refractivity contribution in [3.63, 3.8) is 0 Å². The molecule has 0 aliphatic carbocycles. The predicted octanol–water partition coefficient (Wildman–Crippen LogP) is 1.44. The largest absolute Gasteiger partial charge is 0.454 e. The van der Waals surface area contributed by atoms with E-state index in [1.807, 2.05) is 0 Å². The summed E-state index contributed by atoms with van der Waals surface area (Å²) >= 11 is 0. The van der Waals surface area contributed by atoms with Crippen LogP contribution in [0.4, 0.5) is 0 Å². The van der Waals surface area contributed by atoms with Crippen molar-refractivity contribution in [2.24, 2.45) is 0 Å². The molecule has 0 bridgehead atoms. The second-order valence-electron chi connectivity index (χ2n) is 4.79. The van der Waals surface area contributed by atoms with Crippen LogP contribution in [-0.4, -0.2) is 40.9 Å². The molecule has 2 nitrogen and oxygen atoms in total. The summed E-state index contributed by atoms with van der Waals surface area (Å²) in [5.74, 6) is 0. The highest BCUT2D eigenvalue weighted by molar-refractivity contribution is 6.86. The molecule has 4 heteroatoms. The van der Waals surface area contributed by atoms with Crippen LogP contribution in [0.15, 0.2) is 0 Å². The van der Waals surface area contributed by atoms with Gasteiger partial charge in [-0.3, -0.25) is 0 Å². The minimum absolute atomic E-state index is 1.20. The van der Waals surface area contributed by atoms with Gasteiger partial charge in [-0.05, 0) is 33.2 Å². The maximum atomic E-state index is 6.17. The lowest BCUT2D eigenvalue weighted by Gasteiger charge is -2.43. The van der Waals surface area contributed by atoms with E-state index in [0.717, 1.165) is 0 Å². The number of nitrogens with zero attached hydrogens (tertiary/aromatic N) is 1. The lowest BCUT2D eigenvalue weighted by molar-refractivity contribution is 0.350. The summed E-state index contributed by atoms with van der Waals surface area (Å²) < 4.78 is 6.17. The molecule has 66 valence electrons. The minimum atomic E-state index is -1.30. The second kappa shape index (κ2) is 2.69. The highest BCUT2D eigenvalue weighted by atomic mass is 28.4. The molecular formula is C7H19NOSi2. The van der Waals surface area contributed by atoms with Gasteiger partial charge < -0.3 is 9.02 Å². The molecule has 1 heterocycles. The molecule has 11 heavy (non-hydrogen) atoms. The smallest absolute Gasteiger partial charge is 0.187 e. The third kappa shape index (κ3) is 2.70. The van der Waals surface area contributed by atoms with Gasteiger partial charge in [0.15, 0.2) is 16.6 Å². The Balaban J connectivity index is 2.66. The summed E-state index contributed by atoms with van der Waals surface area (Å²) in [5, 5.41) is 0. The van der Waals surface area contributed by atoms with E-state index in [4.69, 9.17) is 4.12 Å². The predicted molar refractivity (Wildman–Crippen MR) is 53.5 cm³/mol. The first-order chi connectivity index (χ1) is 4.81. The van der Waals surface area contributed by atoms with Gasteiger partial charge >= 0.3 is 0 Å². The molecule has 1 aliphatic heterocycles. The van der Waals surface area contributed by atoms with Crippen LogP contribution in [0.2, 0.25) is 26.2 Å². The molecule has 0 aromatic rings. The SMILES string of the molecule is CN1C[Si](C)(C)O[Si](C)(C)C1. The summed E-state index contributed by atoms with van der Waals surface area (Å²) in [4.78, 5) is 2.45. The average molecular weight is 189 g/mol. The molecule has 0 aromatic carbocycles. The van der Waals surface area contributed by atoms with E-state index in [0.29, 0.717) is 0 Å². The molecule has 1 rings (SSSR count). The zero-order valence-electron chi connectivity index (χ0n) is 8.27. The van der Waals surface area contributed by atoms with Crippen molar-refractivity contribution in [1.29, 1.82) is 0 Å². The summed E-state index contributed by atoms with van der Waals surface area (Å²) in [7, 11) is -0.388. The Labute approximate surface area is 71.8 Å². The van der Waals surface area contributed by atoms with Gasteiger partial charge in [-0.2, -0.15) is 0 Å². The average Bonchev–Trinajstić information content (AvgIpc) is 1.49. The van der Waals surface area contributed by atoms with Crippen LogP contribution in [0.1, 0.15) is 0 Å². The van der Waals surface area contributed by atoms with Crippen molar-refractivity contribution >= 4 is 16.6 Å². The minimum Gasteiger partial charge on any atom is -0.454 e. The van der Waals surface area contributed by atoms with Gasteiger partial charge in [0, 0.05) is 12.3 Å². The zero-order valence-corrected chi connectivity index (χ0v) is 10.3. The molecule has 0 atom stereocenters. The van der Waals surface area contributed by atoms with Crippen LogP contribution >= 0.6 is 0 Å². The lowest BCUT2D eigenvalue weighted by atomic mass is 11.0. The standard InChI is InChI=1S/C7H19NOSi2/c1-8-6-10(2,3)9-11(4,5)7-8/h6-7H2,1-5H3. The molecule has 0 spiro atoms. The van der Waals surface area contributed by atoms with Gasteiger partial charge in [-0.25, -0.2) is 0 Å². The monoisotopic (exact) mass is 189 g/mol. The summed E-state index contributed by atoms with van der Waals surface area (Å²) in [6, 6.07) is 0. The molecule has 0 saturated carbocycles. The Bertz CT molecular complexity index is 143. The van der Waals surface area contributed by atoms with Crippen LogP contribution in [0, 0.1) is 0 Å². The van der Waals surface area contributed by atoms with Crippen molar-refractivity contribution < 1.29 is 4.12 Å². The first-order valence-electron chi connectivity index (χ1n) is 4.20. The van der Waals surface area contributed by atoms with E-state index < -0.39 is 16.6 Å². The molecule has 0 unspecified atom stereocenters. The van der Waals surface area contributed by atoms with Gasteiger partial charge in [0.2, 0.25) is 0 Å². The van der Waals surface area contributed by atoms with Crippen LogP contribution in [-0.2, 0) is 4.12 Å². The van der Waals surface area contributed by atoms with Crippen LogP contribution in [0.5, 0.6) is 0 Å². The van der Waals surface area contributed by atoms with E-state index in [2.05, 4.69) is 38.1 Å². The summed E-state index contributed by atoms with van der Waals surface area (Å²) in [6.07, 6.45) is 2.40. The van der Waals surface area contributed by atoms with Crippen LogP contribution < -0.4 is 0 Å². The van der Waals surface area contributed by atoms with Gasteiger partial charge in [-0.15, -0.1) is 0 Å². The molecule has 1 saturated heterocycles. The molecule has 0 N–H and O–H groups in total. The third-order valence-electron chi connectivity index (χ3n) is 1.85. The summed E-state index contributed by atoms with van der Waals surface area (Å²) in [6.45, 7) is 9.27. The van der Waals surface area contributed by atoms with Crippen LogP contribution in [0.25, 0.3) is 0 Å². The van der Waals surface area contributed by atoms with E-state index in [1.165, 1.54) is 12.3 Å². The number of hydrogen-bond donors (Lipinski definition) is 0. The number of hydrogen-bond acceptors (Lipinski definition) is 2. The summed E-state index contributed by atoms with van der Waals surface area (Å²) in [5.41, 5.74) is 0. The van der Waals surface area contributed by atoms with Crippen molar-refractivity contribution in [1.82, 2.24) is 4.90 Å². The fourth-order valence-corrected chi connectivity index (χ4v) is 11.7. The topological polar surface area (TPSA) is 12.5 Å². The van der Waals surface area contributed by atoms with Crippen molar-refractivity contribution in [2.45, 2.75) is 26.2 Å². The van der Waals surface area contributed by atoms with Gasteiger partial charge in [0.05, 0.1) is 0 Å². The first kappa shape index (κ1) is 9.44. The fourth-order valence-electron chi connectivity index (χ4n) is 2.17. The Hall–Kier alpha value is 0.354. The quantitative estimate of drug-likeness (QED) is 0.535. The Kier molecular flexibility index (Phi) is 2.31. The van der Waals surface area contributed by atoms with E-state index in [-0.39, 0.29) is 0 Å². The van der Waals surface area contributed by atoms with Gasteiger partial charge in [0.1, 0.15) is 0 Å². The molecule has 1 aliphatic rings. The Morgan fingerprint density at radius 3 is 1.64 bits per heavy atom. The molecular weight excluding hydrogens is 170 g/mol. The molecule has 0 amide bonds. The van der Waals surface area contributed by atoms with Crippen LogP contribution in [0.3, 0.4) is 0 Å². The number of rotatable bonds is 0. The fraction of sp³-hybridized carbons (Fsp3) is 1.00.